The van der Waals surface area contributed by atoms with Crippen molar-refractivity contribution in [1.29, 1.82) is 0 Å². The minimum absolute atomic E-state index is 0.0327. The van der Waals surface area contributed by atoms with Gasteiger partial charge in [0, 0.05) is 6.42 Å². The molecule has 9 unspecified atom stereocenters. The first-order valence-corrected chi connectivity index (χ1v) is 14.1. The minimum Gasteiger partial charge on any atom is -0.457 e. The number of ether oxygens (including phenoxy) is 2. The summed E-state index contributed by atoms with van der Waals surface area (Å²) in [5.74, 6) is 2.89. The molecule has 0 aromatic carbocycles. The van der Waals surface area contributed by atoms with Crippen molar-refractivity contribution in [2.75, 3.05) is 6.61 Å². The summed E-state index contributed by atoms with van der Waals surface area (Å²) in [6.07, 6.45) is 11.0. The highest BCUT2D eigenvalue weighted by Crippen LogP contribution is 2.68. The number of carbonyl (C=O) groups is 2. The molecule has 0 heterocycles. The molecular weight excluding hydrogens is 442 g/mol. The zero-order valence-corrected chi connectivity index (χ0v) is 22.8. The Morgan fingerprint density at radius 3 is 2.31 bits per heavy atom. The van der Waals surface area contributed by atoms with Gasteiger partial charge in [-0.1, -0.05) is 25.9 Å². The van der Waals surface area contributed by atoms with Crippen molar-refractivity contribution < 1.29 is 19.1 Å². The Hall–Kier alpha value is -1.46. The van der Waals surface area contributed by atoms with Crippen LogP contribution >= 0.6 is 0 Å². The molecule has 0 bridgehead atoms. The van der Waals surface area contributed by atoms with Crippen molar-refractivity contribution in [2.24, 2.45) is 51.5 Å². The summed E-state index contributed by atoms with van der Waals surface area (Å²) in [6, 6.07) is 0.0327. The molecular formula is C29H47NO5. The molecule has 4 fully saturated rings. The highest BCUT2D eigenvalue weighted by atomic mass is 16.6. The van der Waals surface area contributed by atoms with E-state index in [-0.39, 0.29) is 30.0 Å². The quantitative estimate of drug-likeness (QED) is 0.306. The lowest BCUT2D eigenvalue weighted by molar-refractivity contribution is -0.167. The maximum atomic E-state index is 12.6. The molecule has 0 saturated heterocycles. The van der Waals surface area contributed by atoms with Gasteiger partial charge in [-0.25, -0.2) is 4.79 Å². The smallest absolute Gasteiger partial charge is 0.344 e. The first-order chi connectivity index (χ1) is 16.4. The highest BCUT2D eigenvalue weighted by Gasteiger charge is 2.60. The van der Waals surface area contributed by atoms with Crippen molar-refractivity contribution >= 4 is 11.9 Å². The summed E-state index contributed by atoms with van der Waals surface area (Å²) in [5.41, 5.74) is 0.0569. The third kappa shape index (κ3) is 5.18. The average Bonchev–Trinajstić information content (AvgIpc) is 3.13. The third-order valence-electron chi connectivity index (χ3n) is 10.8. The van der Waals surface area contributed by atoms with Gasteiger partial charge >= 0.3 is 11.9 Å². The van der Waals surface area contributed by atoms with Gasteiger partial charge in [0.15, 0.2) is 6.61 Å². The molecule has 0 radical (unpaired) electrons. The Labute approximate surface area is 211 Å². The van der Waals surface area contributed by atoms with Crippen LogP contribution in [0.25, 0.3) is 0 Å². The number of nitroso groups, excluding NO2 is 1. The molecule has 198 valence electrons. The Morgan fingerprint density at radius 1 is 0.943 bits per heavy atom. The van der Waals surface area contributed by atoms with Crippen LogP contribution in [0.3, 0.4) is 0 Å². The van der Waals surface area contributed by atoms with E-state index < -0.39 is 11.6 Å². The van der Waals surface area contributed by atoms with Gasteiger partial charge in [-0.3, -0.25) is 4.79 Å². The molecule has 0 aliphatic heterocycles. The van der Waals surface area contributed by atoms with E-state index >= 15 is 0 Å². The molecule has 0 spiro atoms. The highest BCUT2D eigenvalue weighted by molar-refractivity contribution is 5.76. The lowest BCUT2D eigenvalue weighted by Gasteiger charge is -2.61. The SMILES string of the molecule is CC(CC(=O)OCC(=O)OC(C)(C)C)C1CCC2C3CCC4CC(N=O)CCC4(C)C3CCC12C. The van der Waals surface area contributed by atoms with E-state index in [1.165, 1.54) is 38.5 Å². The zero-order chi connectivity index (χ0) is 25.6. The zero-order valence-electron chi connectivity index (χ0n) is 22.8. The van der Waals surface area contributed by atoms with Gasteiger partial charge in [0.2, 0.25) is 0 Å². The Bertz CT molecular complexity index is 820. The monoisotopic (exact) mass is 489 g/mol. The maximum absolute atomic E-state index is 12.6. The van der Waals surface area contributed by atoms with Crippen LogP contribution in [0.5, 0.6) is 0 Å². The van der Waals surface area contributed by atoms with E-state index in [1.54, 1.807) is 20.8 Å². The largest absolute Gasteiger partial charge is 0.457 e. The first-order valence-electron chi connectivity index (χ1n) is 14.1. The maximum Gasteiger partial charge on any atom is 0.344 e. The van der Waals surface area contributed by atoms with Crippen LogP contribution in [-0.4, -0.2) is 30.2 Å². The molecule has 0 aromatic heterocycles. The second-order valence-electron chi connectivity index (χ2n) is 13.8. The summed E-state index contributed by atoms with van der Waals surface area (Å²) in [5, 5.41) is 3.42. The van der Waals surface area contributed by atoms with E-state index in [9.17, 15) is 14.5 Å². The van der Waals surface area contributed by atoms with E-state index in [0.29, 0.717) is 23.7 Å². The van der Waals surface area contributed by atoms with Crippen molar-refractivity contribution in [2.45, 2.75) is 117 Å². The van der Waals surface area contributed by atoms with Crippen molar-refractivity contribution in [1.82, 2.24) is 0 Å². The van der Waals surface area contributed by atoms with E-state index in [0.717, 1.165) is 37.0 Å². The summed E-state index contributed by atoms with van der Waals surface area (Å²) < 4.78 is 10.5. The van der Waals surface area contributed by atoms with E-state index in [2.05, 4.69) is 25.9 Å². The molecule has 4 saturated carbocycles. The Balaban J connectivity index is 1.36. The van der Waals surface area contributed by atoms with Crippen molar-refractivity contribution in [3.63, 3.8) is 0 Å². The standard InChI is InChI=1S/C29H47NO5/c1-18(15-25(31)34-17-26(32)35-27(2,3)4)22-9-10-23-21-8-7-19-16-20(30-33)11-13-28(19,5)24(21)12-14-29(22,23)6/h18-24H,7-17H2,1-6H3. The molecule has 6 heteroatoms. The second-order valence-corrected chi connectivity index (χ2v) is 13.8. The van der Waals surface area contributed by atoms with Gasteiger partial charge in [0.1, 0.15) is 5.60 Å². The number of rotatable bonds is 6. The Morgan fingerprint density at radius 2 is 1.63 bits per heavy atom. The lowest BCUT2D eigenvalue weighted by Crippen LogP contribution is -2.54. The number of carbonyl (C=O) groups excluding carboxylic acids is 2. The number of fused-ring (bicyclic) bond motifs is 5. The van der Waals surface area contributed by atoms with Gasteiger partial charge in [-0.2, -0.15) is 4.91 Å². The van der Waals surface area contributed by atoms with Gasteiger partial charge in [0.05, 0.1) is 6.04 Å². The summed E-state index contributed by atoms with van der Waals surface area (Å²) in [6.45, 7) is 12.3. The summed E-state index contributed by atoms with van der Waals surface area (Å²) in [4.78, 5) is 35.7. The minimum atomic E-state index is -0.579. The third-order valence-corrected chi connectivity index (χ3v) is 10.8. The van der Waals surface area contributed by atoms with Crippen molar-refractivity contribution in [3.05, 3.63) is 4.91 Å². The second kappa shape index (κ2) is 9.78. The molecule has 0 amide bonds. The molecule has 4 rings (SSSR count). The van der Waals surface area contributed by atoms with Crippen LogP contribution in [0.1, 0.15) is 106 Å². The average molecular weight is 490 g/mol. The van der Waals surface area contributed by atoms with Crippen molar-refractivity contribution in [3.8, 4) is 0 Å². The van der Waals surface area contributed by atoms with Gasteiger partial charge in [0.25, 0.3) is 0 Å². The molecule has 4 aliphatic rings. The Kier molecular flexibility index (Phi) is 7.43. The number of hydrogen-bond donors (Lipinski definition) is 0. The normalized spacial score (nSPS) is 41.7. The summed E-state index contributed by atoms with van der Waals surface area (Å²) in [7, 11) is 0. The number of esters is 2. The fourth-order valence-corrected chi connectivity index (χ4v) is 9.28. The molecule has 6 nitrogen and oxygen atoms in total. The van der Waals surface area contributed by atoms with Gasteiger partial charge < -0.3 is 9.47 Å². The molecule has 9 atom stereocenters. The fraction of sp³-hybridized carbons (Fsp3) is 0.931. The molecule has 0 aromatic rings. The van der Waals surface area contributed by atoms with Crippen LogP contribution < -0.4 is 0 Å². The van der Waals surface area contributed by atoms with Gasteiger partial charge in [-0.15, -0.1) is 0 Å². The first kappa shape index (κ1) is 26.6. The van der Waals surface area contributed by atoms with E-state index in [1.807, 2.05) is 0 Å². The topological polar surface area (TPSA) is 82.0 Å². The predicted molar refractivity (Wildman–Crippen MR) is 135 cm³/mol. The van der Waals surface area contributed by atoms with Crippen LogP contribution in [0.15, 0.2) is 5.18 Å². The lowest BCUT2D eigenvalue weighted by atomic mass is 9.44. The van der Waals surface area contributed by atoms with Gasteiger partial charge in [-0.05, 0) is 125 Å². The molecule has 35 heavy (non-hydrogen) atoms. The number of nitrogens with zero attached hydrogens (tertiary/aromatic N) is 1. The molecule has 0 N–H and O–H groups in total. The van der Waals surface area contributed by atoms with Crippen LogP contribution in [0, 0.1) is 51.2 Å². The molecule has 4 aliphatic carbocycles. The number of hydrogen-bond acceptors (Lipinski definition) is 6. The van der Waals surface area contributed by atoms with Crippen LogP contribution in [0.2, 0.25) is 0 Å². The van der Waals surface area contributed by atoms with E-state index in [4.69, 9.17) is 9.47 Å². The predicted octanol–water partition coefficient (Wildman–Crippen LogP) is 6.69. The fourth-order valence-electron chi connectivity index (χ4n) is 9.28. The van der Waals surface area contributed by atoms with Crippen LogP contribution in [0.4, 0.5) is 0 Å². The van der Waals surface area contributed by atoms with Crippen LogP contribution in [-0.2, 0) is 19.1 Å². The summed E-state index contributed by atoms with van der Waals surface area (Å²) >= 11 is 0.